The van der Waals surface area contributed by atoms with Crippen LogP contribution in [0.15, 0.2) is 30.3 Å². The van der Waals surface area contributed by atoms with Crippen molar-refractivity contribution in [3.05, 3.63) is 35.9 Å². The van der Waals surface area contributed by atoms with Gasteiger partial charge in [0.15, 0.2) is 0 Å². The first kappa shape index (κ1) is 11.9. The lowest BCUT2D eigenvalue weighted by atomic mass is 10.2. The number of thiocarbonyl (C=S) groups is 1. The molecule has 0 atom stereocenters. The van der Waals surface area contributed by atoms with Crippen LogP contribution in [0.4, 0.5) is 0 Å². The zero-order chi connectivity index (χ0) is 11.1. The molecule has 0 radical (unpaired) electrons. The molecule has 82 valence electrons. The van der Waals surface area contributed by atoms with Gasteiger partial charge < -0.3 is 10.0 Å². The van der Waals surface area contributed by atoms with E-state index in [0.29, 0.717) is 18.2 Å². The molecule has 0 aliphatic heterocycles. The molecule has 0 saturated carbocycles. The van der Waals surface area contributed by atoms with Crippen molar-refractivity contribution >= 4 is 17.3 Å². The third kappa shape index (κ3) is 3.83. The van der Waals surface area contributed by atoms with Gasteiger partial charge in [-0.2, -0.15) is 0 Å². The molecule has 5 N–H and O–H groups in total. The Labute approximate surface area is 94.7 Å². The minimum Gasteiger partial charge on any atom is -0.395 e. The Balaban J connectivity index is 2.62. The number of nitrogens with zero attached hydrogens (tertiary/aromatic N) is 1. The first-order chi connectivity index (χ1) is 7.27. The molecule has 0 amide bonds. The van der Waals surface area contributed by atoms with Crippen molar-refractivity contribution < 1.29 is 10.9 Å². The van der Waals surface area contributed by atoms with Crippen LogP contribution in [0.5, 0.6) is 0 Å². The van der Waals surface area contributed by atoms with Gasteiger partial charge in [0.05, 0.1) is 6.61 Å². The maximum Gasteiger partial charge on any atom is 0.216 e. The van der Waals surface area contributed by atoms with Crippen LogP contribution in [0.3, 0.4) is 0 Å². The van der Waals surface area contributed by atoms with Crippen LogP contribution in [0, 0.1) is 0 Å². The average Bonchev–Trinajstić information content (AvgIpc) is 2.29. The molecule has 4 nitrogen and oxygen atoms in total. The standard InChI is InChI=1S/C10H15N3OS/c11-12-10(15)13(6-7-14)8-9-4-2-1-3-5-9/h1-5,14H,6-8,11H2,(H,12,15)/p+1. The van der Waals surface area contributed by atoms with E-state index in [1.165, 1.54) is 0 Å². The zero-order valence-electron chi connectivity index (χ0n) is 8.52. The highest BCUT2D eigenvalue weighted by Crippen LogP contribution is 2.03. The molecular formula is C10H16N3OS+. The van der Waals surface area contributed by atoms with E-state index in [2.05, 4.69) is 11.3 Å². The van der Waals surface area contributed by atoms with E-state index in [1.54, 1.807) is 0 Å². The van der Waals surface area contributed by atoms with Gasteiger partial charge in [0.2, 0.25) is 5.11 Å². The lowest BCUT2D eigenvalue weighted by molar-refractivity contribution is -0.420. The van der Waals surface area contributed by atoms with Crippen molar-refractivity contribution in [1.29, 1.82) is 0 Å². The summed E-state index contributed by atoms with van der Waals surface area (Å²) in [5.74, 6) is 3.52. The van der Waals surface area contributed by atoms with Crippen LogP contribution in [-0.2, 0) is 6.54 Å². The molecule has 0 saturated heterocycles. The summed E-state index contributed by atoms with van der Waals surface area (Å²) in [7, 11) is 0. The van der Waals surface area contributed by atoms with Gasteiger partial charge in [-0.3, -0.25) is 5.84 Å². The summed E-state index contributed by atoms with van der Waals surface area (Å²) in [5, 5.41) is 9.46. The smallest absolute Gasteiger partial charge is 0.216 e. The normalized spacial score (nSPS) is 9.73. The zero-order valence-corrected chi connectivity index (χ0v) is 9.33. The number of aliphatic hydroxyl groups is 1. The van der Waals surface area contributed by atoms with E-state index in [4.69, 9.17) is 17.3 Å². The Hall–Kier alpha value is -1.17. The van der Waals surface area contributed by atoms with Gasteiger partial charge in [0.25, 0.3) is 0 Å². The number of hydrogen-bond acceptors (Lipinski definition) is 2. The van der Waals surface area contributed by atoms with Gasteiger partial charge in [0.1, 0.15) is 0 Å². The summed E-state index contributed by atoms with van der Waals surface area (Å²) in [5.41, 5.74) is 3.82. The number of aliphatic hydroxyl groups excluding tert-OH is 1. The number of nitrogens with one attached hydrogen (secondary N) is 1. The Kier molecular flexibility index (Phi) is 5.03. The second kappa shape index (κ2) is 6.34. The second-order valence-electron chi connectivity index (χ2n) is 3.11. The first-order valence-corrected chi connectivity index (χ1v) is 5.15. The summed E-state index contributed by atoms with van der Waals surface area (Å²) < 4.78 is 0. The van der Waals surface area contributed by atoms with Crippen LogP contribution in [0.2, 0.25) is 0 Å². The van der Waals surface area contributed by atoms with Crippen molar-refractivity contribution in [3.63, 3.8) is 0 Å². The maximum absolute atomic E-state index is 8.91. The lowest BCUT2D eigenvalue weighted by Gasteiger charge is -2.22. The van der Waals surface area contributed by atoms with Crippen molar-refractivity contribution in [2.45, 2.75) is 6.54 Å². The highest BCUT2D eigenvalue weighted by atomic mass is 32.1. The Bertz CT molecular complexity index is 305. The van der Waals surface area contributed by atoms with E-state index in [9.17, 15) is 0 Å². The monoisotopic (exact) mass is 226 g/mol. The summed E-state index contributed by atoms with van der Waals surface area (Å²) >= 11 is 5.08. The molecule has 1 aromatic rings. The number of quaternary nitrogens is 1. The summed E-state index contributed by atoms with van der Waals surface area (Å²) in [6, 6.07) is 9.98. The van der Waals surface area contributed by atoms with Gasteiger partial charge in [-0.05, 0) is 17.8 Å². The highest BCUT2D eigenvalue weighted by Gasteiger charge is 2.08. The molecule has 1 rings (SSSR count). The van der Waals surface area contributed by atoms with E-state index in [-0.39, 0.29) is 6.61 Å². The second-order valence-corrected chi connectivity index (χ2v) is 3.50. The van der Waals surface area contributed by atoms with Crippen molar-refractivity contribution in [2.24, 2.45) is 0 Å². The molecular weight excluding hydrogens is 210 g/mol. The predicted octanol–water partition coefficient (Wildman–Crippen LogP) is -0.488. The minimum absolute atomic E-state index is 0.0780. The fraction of sp³-hybridized carbons (Fsp3) is 0.300. The van der Waals surface area contributed by atoms with Crippen LogP contribution >= 0.6 is 12.2 Å². The van der Waals surface area contributed by atoms with Crippen LogP contribution in [0.1, 0.15) is 5.56 Å². The quantitative estimate of drug-likeness (QED) is 0.479. The number of benzene rings is 1. The third-order valence-corrected chi connectivity index (χ3v) is 2.43. The molecule has 0 unspecified atom stereocenters. The molecule has 0 heterocycles. The summed E-state index contributed by atoms with van der Waals surface area (Å²) in [6.07, 6.45) is 0. The van der Waals surface area contributed by atoms with E-state index in [0.717, 1.165) is 5.56 Å². The Morgan fingerprint density at radius 3 is 2.60 bits per heavy atom. The molecule has 5 heteroatoms. The van der Waals surface area contributed by atoms with Crippen molar-refractivity contribution in [2.75, 3.05) is 13.2 Å². The first-order valence-electron chi connectivity index (χ1n) is 4.74. The highest BCUT2D eigenvalue weighted by molar-refractivity contribution is 7.80. The summed E-state index contributed by atoms with van der Waals surface area (Å²) in [4.78, 5) is 1.87. The average molecular weight is 226 g/mol. The van der Waals surface area contributed by atoms with Crippen LogP contribution in [0.25, 0.3) is 0 Å². The molecule has 0 fully saturated rings. The number of rotatable bonds is 4. The van der Waals surface area contributed by atoms with Crippen LogP contribution < -0.4 is 11.3 Å². The maximum atomic E-state index is 8.91. The molecule has 0 aliphatic carbocycles. The van der Waals surface area contributed by atoms with Gasteiger partial charge in [-0.25, -0.2) is 5.43 Å². The number of hydrogen-bond donors (Lipinski definition) is 3. The van der Waals surface area contributed by atoms with E-state index in [1.807, 2.05) is 35.2 Å². The molecule has 1 aromatic carbocycles. The minimum atomic E-state index is 0.0780. The fourth-order valence-electron chi connectivity index (χ4n) is 1.29. The summed E-state index contributed by atoms with van der Waals surface area (Å²) in [6.45, 7) is 1.27. The van der Waals surface area contributed by atoms with Crippen molar-refractivity contribution in [1.82, 2.24) is 10.3 Å². The van der Waals surface area contributed by atoms with Gasteiger partial charge in [-0.15, -0.1) is 0 Å². The lowest BCUT2D eigenvalue weighted by Crippen LogP contribution is -2.69. The molecule has 0 aliphatic rings. The fourth-order valence-corrected chi connectivity index (χ4v) is 1.44. The van der Waals surface area contributed by atoms with Gasteiger partial charge >= 0.3 is 0 Å². The topological polar surface area (TPSA) is 63.1 Å². The predicted molar refractivity (Wildman–Crippen MR) is 62.6 cm³/mol. The molecule has 15 heavy (non-hydrogen) atoms. The van der Waals surface area contributed by atoms with E-state index < -0.39 is 0 Å². The SMILES string of the molecule is [NH3+]NC(=S)N(CCO)Cc1ccccc1. The Morgan fingerprint density at radius 1 is 1.40 bits per heavy atom. The Morgan fingerprint density at radius 2 is 2.07 bits per heavy atom. The molecule has 0 spiro atoms. The molecule has 0 bridgehead atoms. The van der Waals surface area contributed by atoms with Crippen LogP contribution in [-0.4, -0.2) is 28.3 Å². The van der Waals surface area contributed by atoms with Crippen molar-refractivity contribution in [3.8, 4) is 0 Å². The van der Waals surface area contributed by atoms with Gasteiger partial charge in [0, 0.05) is 13.1 Å². The molecule has 0 aromatic heterocycles. The third-order valence-electron chi connectivity index (χ3n) is 2.02. The van der Waals surface area contributed by atoms with Gasteiger partial charge in [-0.1, -0.05) is 30.3 Å². The van der Waals surface area contributed by atoms with E-state index >= 15 is 0 Å². The largest absolute Gasteiger partial charge is 0.395 e.